The van der Waals surface area contributed by atoms with Gasteiger partial charge < -0.3 is 4.90 Å². The van der Waals surface area contributed by atoms with Gasteiger partial charge in [0.05, 0.1) is 0 Å². The summed E-state index contributed by atoms with van der Waals surface area (Å²) >= 11 is 0. The number of anilines is 1. The highest BCUT2D eigenvalue weighted by molar-refractivity contribution is 5.39. The molecule has 0 aromatic carbocycles. The minimum atomic E-state index is 0.603. The lowest BCUT2D eigenvalue weighted by Crippen LogP contribution is -2.30. The van der Waals surface area contributed by atoms with Crippen molar-refractivity contribution < 1.29 is 0 Å². The summed E-state index contributed by atoms with van der Waals surface area (Å²) in [6, 6.07) is 3.80. The summed E-state index contributed by atoms with van der Waals surface area (Å²) in [6.07, 6.45) is 9.04. The van der Waals surface area contributed by atoms with Gasteiger partial charge in [0.25, 0.3) is 0 Å². The third-order valence-corrected chi connectivity index (χ3v) is 2.48. The van der Waals surface area contributed by atoms with Crippen molar-refractivity contribution in [3.63, 3.8) is 0 Å². The first-order valence-corrected chi connectivity index (χ1v) is 4.95. The molecule has 2 rings (SSSR count). The van der Waals surface area contributed by atoms with Gasteiger partial charge in [-0.15, -0.1) is 16.6 Å². The quantitative estimate of drug-likeness (QED) is 0.623. The van der Waals surface area contributed by atoms with Gasteiger partial charge in [0.1, 0.15) is 5.69 Å². The van der Waals surface area contributed by atoms with Crippen molar-refractivity contribution in [3.05, 3.63) is 17.8 Å². The van der Waals surface area contributed by atoms with Crippen LogP contribution in [0.15, 0.2) is 12.1 Å². The van der Waals surface area contributed by atoms with Crippen LogP contribution in [0.1, 0.15) is 25.0 Å². The molecule has 0 aliphatic carbocycles. The number of hydrogen-bond donors (Lipinski definition) is 0. The summed E-state index contributed by atoms with van der Waals surface area (Å²) < 4.78 is 0. The molecule has 1 aliphatic heterocycles. The van der Waals surface area contributed by atoms with E-state index in [2.05, 4.69) is 21.0 Å². The lowest BCUT2D eigenvalue weighted by Gasteiger charge is -2.26. The van der Waals surface area contributed by atoms with Gasteiger partial charge in [-0.05, 0) is 37.3 Å². The average molecular weight is 187 g/mol. The maximum atomic E-state index is 5.21. The Hall–Kier alpha value is -1.56. The molecule has 3 nitrogen and oxygen atoms in total. The minimum Gasteiger partial charge on any atom is -0.355 e. The molecule has 72 valence electrons. The molecule has 14 heavy (non-hydrogen) atoms. The molecule has 0 spiro atoms. The minimum absolute atomic E-state index is 0.603. The van der Waals surface area contributed by atoms with Gasteiger partial charge in [0.15, 0.2) is 5.82 Å². The van der Waals surface area contributed by atoms with E-state index >= 15 is 0 Å². The summed E-state index contributed by atoms with van der Waals surface area (Å²) in [5.74, 6) is 3.41. The van der Waals surface area contributed by atoms with Crippen LogP contribution in [0.3, 0.4) is 0 Å². The van der Waals surface area contributed by atoms with Crippen molar-refractivity contribution in [1.29, 1.82) is 0 Å². The van der Waals surface area contributed by atoms with Crippen molar-refractivity contribution in [3.8, 4) is 12.3 Å². The summed E-state index contributed by atoms with van der Waals surface area (Å²) in [5, 5.41) is 8.05. The maximum absolute atomic E-state index is 5.21. The van der Waals surface area contributed by atoms with Gasteiger partial charge in [-0.3, -0.25) is 0 Å². The summed E-state index contributed by atoms with van der Waals surface area (Å²) in [7, 11) is 0. The summed E-state index contributed by atoms with van der Waals surface area (Å²) in [6.45, 7) is 2.17. The fourth-order valence-corrected chi connectivity index (χ4v) is 1.69. The van der Waals surface area contributed by atoms with Crippen LogP contribution in [0.5, 0.6) is 0 Å². The molecule has 0 N–H and O–H groups in total. The van der Waals surface area contributed by atoms with E-state index in [0.29, 0.717) is 5.69 Å². The molecular weight excluding hydrogens is 174 g/mol. The van der Waals surface area contributed by atoms with Crippen LogP contribution in [0, 0.1) is 12.3 Å². The SMILES string of the molecule is C#Cc1ccc(N2CCCCC2)nn1. The van der Waals surface area contributed by atoms with Gasteiger partial charge in [-0.25, -0.2) is 0 Å². The molecule has 0 bridgehead atoms. The van der Waals surface area contributed by atoms with Crippen LogP contribution in [-0.4, -0.2) is 23.3 Å². The van der Waals surface area contributed by atoms with E-state index in [1.54, 1.807) is 0 Å². The number of nitrogens with zero attached hydrogens (tertiary/aromatic N) is 3. The lowest BCUT2D eigenvalue weighted by molar-refractivity contribution is 0.571. The second-order valence-corrected chi connectivity index (χ2v) is 3.47. The molecular formula is C11H13N3. The first-order valence-electron chi connectivity index (χ1n) is 4.95. The van der Waals surface area contributed by atoms with Crippen molar-refractivity contribution in [2.75, 3.05) is 18.0 Å². The Morgan fingerprint density at radius 1 is 1.14 bits per heavy atom. The zero-order valence-electron chi connectivity index (χ0n) is 8.11. The largest absolute Gasteiger partial charge is 0.355 e. The van der Waals surface area contributed by atoms with E-state index in [0.717, 1.165) is 18.9 Å². The van der Waals surface area contributed by atoms with E-state index in [-0.39, 0.29) is 0 Å². The first-order chi connectivity index (χ1) is 6.90. The Bertz CT molecular complexity index is 331. The molecule has 1 fully saturated rings. The van der Waals surface area contributed by atoms with Gasteiger partial charge in [0.2, 0.25) is 0 Å². The fourth-order valence-electron chi connectivity index (χ4n) is 1.69. The molecule has 0 saturated carbocycles. The Labute approximate surface area is 84.1 Å². The lowest BCUT2D eigenvalue weighted by atomic mass is 10.1. The Morgan fingerprint density at radius 3 is 2.50 bits per heavy atom. The molecule has 0 unspecified atom stereocenters. The van der Waals surface area contributed by atoms with Crippen molar-refractivity contribution in [2.24, 2.45) is 0 Å². The molecule has 2 heterocycles. The van der Waals surface area contributed by atoms with Gasteiger partial charge in [0, 0.05) is 13.1 Å². The average Bonchev–Trinajstić information content (AvgIpc) is 2.30. The first kappa shape index (κ1) is 9.01. The molecule has 0 atom stereocenters. The maximum Gasteiger partial charge on any atom is 0.151 e. The van der Waals surface area contributed by atoms with E-state index in [4.69, 9.17) is 6.42 Å². The zero-order chi connectivity index (χ0) is 9.80. The Morgan fingerprint density at radius 2 is 1.93 bits per heavy atom. The predicted molar refractivity (Wildman–Crippen MR) is 56.0 cm³/mol. The van der Waals surface area contributed by atoms with Crippen LogP contribution in [-0.2, 0) is 0 Å². The van der Waals surface area contributed by atoms with E-state index in [9.17, 15) is 0 Å². The smallest absolute Gasteiger partial charge is 0.151 e. The zero-order valence-corrected chi connectivity index (χ0v) is 8.11. The van der Waals surface area contributed by atoms with Gasteiger partial charge in [-0.1, -0.05) is 0 Å². The monoisotopic (exact) mass is 187 g/mol. The van der Waals surface area contributed by atoms with Crippen molar-refractivity contribution in [2.45, 2.75) is 19.3 Å². The third kappa shape index (κ3) is 1.85. The normalized spacial score (nSPS) is 16.4. The second kappa shape index (κ2) is 4.10. The van der Waals surface area contributed by atoms with Crippen LogP contribution >= 0.6 is 0 Å². The summed E-state index contributed by atoms with van der Waals surface area (Å²) in [4.78, 5) is 2.26. The second-order valence-electron chi connectivity index (χ2n) is 3.47. The number of rotatable bonds is 1. The predicted octanol–water partition coefficient (Wildman–Crippen LogP) is 1.45. The van der Waals surface area contributed by atoms with Gasteiger partial charge >= 0.3 is 0 Å². The van der Waals surface area contributed by atoms with Crippen molar-refractivity contribution >= 4 is 5.82 Å². The topological polar surface area (TPSA) is 29.0 Å². The highest BCUT2D eigenvalue weighted by Gasteiger charge is 2.11. The Balaban J connectivity index is 2.12. The summed E-state index contributed by atoms with van der Waals surface area (Å²) in [5.41, 5.74) is 0.603. The van der Waals surface area contributed by atoms with E-state index < -0.39 is 0 Å². The standard InChI is InChI=1S/C11H13N3/c1-2-10-6-7-11(13-12-10)14-8-4-3-5-9-14/h1,6-7H,3-5,8-9H2. The number of piperidine rings is 1. The van der Waals surface area contributed by atoms with E-state index in [1.165, 1.54) is 19.3 Å². The molecule has 1 aliphatic rings. The van der Waals surface area contributed by atoms with Crippen LogP contribution in [0.25, 0.3) is 0 Å². The van der Waals surface area contributed by atoms with Crippen molar-refractivity contribution in [1.82, 2.24) is 10.2 Å². The molecule has 0 radical (unpaired) electrons. The third-order valence-electron chi connectivity index (χ3n) is 2.48. The van der Waals surface area contributed by atoms with Crippen LogP contribution in [0.2, 0.25) is 0 Å². The molecule has 0 amide bonds. The van der Waals surface area contributed by atoms with Gasteiger partial charge in [-0.2, -0.15) is 0 Å². The highest BCUT2D eigenvalue weighted by atomic mass is 15.3. The highest BCUT2D eigenvalue weighted by Crippen LogP contribution is 2.16. The van der Waals surface area contributed by atoms with Crippen LogP contribution < -0.4 is 4.90 Å². The fraction of sp³-hybridized carbons (Fsp3) is 0.455. The van der Waals surface area contributed by atoms with E-state index in [1.807, 2.05) is 12.1 Å². The number of hydrogen-bond acceptors (Lipinski definition) is 3. The number of aromatic nitrogens is 2. The molecule has 1 saturated heterocycles. The molecule has 3 heteroatoms. The van der Waals surface area contributed by atoms with Crippen LogP contribution in [0.4, 0.5) is 5.82 Å². The molecule has 1 aromatic heterocycles. The number of terminal acetylenes is 1. The Kier molecular flexibility index (Phi) is 2.64. The molecule has 1 aromatic rings.